The lowest BCUT2D eigenvalue weighted by atomic mass is 10.1. The van der Waals surface area contributed by atoms with Crippen LogP contribution >= 0.6 is 11.8 Å². The summed E-state index contributed by atoms with van der Waals surface area (Å²) < 4.78 is 0. The zero-order chi connectivity index (χ0) is 13.5. The van der Waals surface area contributed by atoms with Crippen molar-refractivity contribution in [3.63, 3.8) is 0 Å². The number of hydrogen-bond acceptors (Lipinski definition) is 5. The number of pyridine rings is 1. The Morgan fingerprint density at radius 3 is 2.83 bits per heavy atom. The van der Waals surface area contributed by atoms with E-state index in [9.17, 15) is 10.2 Å². The van der Waals surface area contributed by atoms with Gasteiger partial charge in [-0.3, -0.25) is 4.98 Å². The maximum absolute atomic E-state index is 9.98. The maximum atomic E-state index is 9.98. The molecule has 1 unspecified atom stereocenters. The molecule has 4 nitrogen and oxygen atoms in total. The largest absolute Gasteiger partial charge is 0.506 e. The van der Waals surface area contributed by atoms with Crippen LogP contribution in [0.4, 0.5) is 0 Å². The van der Waals surface area contributed by atoms with E-state index in [1.807, 2.05) is 11.8 Å². The Hall–Kier alpha value is -0.780. The summed E-state index contributed by atoms with van der Waals surface area (Å²) >= 11 is 1.83. The molecule has 1 rings (SSSR count). The second-order valence-corrected chi connectivity index (χ2v) is 5.40. The van der Waals surface area contributed by atoms with E-state index in [0.717, 1.165) is 17.7 Å². The Morgan fingerprint density at radius 1 is 1.50 bits per heavy atom. The topological polar surface area (TPSA) is 65.4 Å². The van der Waals surface area contributed by atoms with Crippen molar-refractivity contribution in [2.24, 2.45) is 0 Å². The van der Waals surface area contributed by atoms with E-state index < -0.39 is 0 Å². The molecule has 0 aliphatic carbocycles. The summed E-state index contributed by atoms with van der Waals surface area (Å²) in [4.78, 5) is 4.05. The third kappa shape index (κ3) is 4.15. The van der Waals surface area contributed by atoms with Crippen LogP contribution in [0, 0.1) is 6.92 Å². The molecule has 0 spiro atoms. The highest BCUT2D eigenvalue weighted by molar-refractivity contribution is 7.98. The Bertz CT molecular complexity index is 385. The molecule has 1 aromatic rings. The number of aryl methyl sites for hydroxylation is 1. The van der Waals surface area contributed by atoms with Crippen LogP contribution in [0.15, 0.2) is 6.20 Å². The van der Waals surface area contributed by atoms with Crippen LogP contribution in [0.25, 0.3) is 0 Å². The van der Waals surface area contributed by atoms with Crippen molar-refractivity contribution < 1.29 is 10.2 Å². The van der Waals surface area contributed by atoms with Gasteiger partial charge in [0.15, 0.2) is 0 Å². The molecule has 0 saturated carbocycles. The first kappa shape index (κ1) is 15.3. The SMILES string of the molecule is CSCCC(C)NCc1c(CO)cnc(C)c1O. The van der Waals surface area contributed by atoms with Gasteiger partial charge in [0.05, 0.1) is 12.3 Å². The van der Waals surface area contributed by atoms with Crippen LogP contribution in [-0.2, 0) is 13.2 Å². The normalized spacial score (nSPS) is 12.7. The van der Waals surface area contributed by atoms with Crippen LogP contribution in [-0.4, -0.2) is 33.2 Å². The molecule has 18 heavy (non-hydrogen) atoms. The smallest absolute Gasteiger partial charge is 0.141 e. The van der Waals surface area contributed by atoms with Gasteiger partial charge in [-0.15, -0.1) is 0 Å². The van der Waals surface area contributed by atoms with Gasteiger partial charge in [0.2, 0.25) is 0 Å². The van der Waals surface area contributed by atoms with E-state index in [0.29, 0.717) is 23.8 Å². The first-order valence-corrected chi connectivity index (χ1v) is 7.49. The molecule has 0 fully saturated rings. The Labute approximate surface area is 113 Å². The summed E-state index contributed by atoms with van der Waals surface area (Å²) in [6, 6.07) is 0.386. The lowest BCUT2D eigenvalue weighted by Gasteiger charge is -2.16. The number of aliphatic hydroxyl groups excluding tert-OH is 1. The minimum absolute atomic E-state index is 0.100. The molecule has 0 amide bonds. The Morgan fingerprint density at radius 2 is 2.22 bits per heavy atom. The molecule has 102 valence electrons. The van der Waals surface area contributed by atoms with Gasteiger partial charge in [0.1, 0.15) is 5.75 Å². The summed E-state index contributed by atoms with van der Waals surface area (Å²) in [7, 11) is 0. The second-order valence-electron chi connectivity index (χ2n) is 4.42. The van der Waals surface area contributed by atoms with Gasteiger partial charge in [-0.1, -0.05) is 0 Å². The molecule has 0 bridgehead atoms. The zero-order valence-corrected chi connectivity index (χ0v) is 12.0. The molecule has 0 aliphatic rings. The molecular formula is C13H22N2O2S. The summed E-state index contributed by atoms with van der Waals surface area (Å²) in [6.45, 7) is 4.34. The van der Waals surface area contributed by atoms with E-state index in [1.54, 1.807) is 13.1 Å². The average Bonchev–Trinajstić information content (AvgIpc) is 2.38. The van der Waals surface area contributed by atoms with Gasteiger partial charge in [-0.25, -0.2) is 0 Å². The third-order valence-corrected chi connectivity index (χ3v) is 3.63. The van der Waals surface area contributed by atoms with Crippen molar-refractivity contribution in [1.82, 2.24) is 10.3 Å². The van der Waals surface area contributed by atoms with Gasteiger partial charge in [-0.2, -0.15) is 11.8 Å². The molecule has 0 aromatic carbocycles. The number of nitrogens with one attached hydrogen (secondary N) is 1. The second kappa shape index (κ2) is 7.61. The number of rotatable bonds is 7. The molecule has 0 saturated heterocycles. The minimum atomic E-state index is -0.100. The number of aromatic hydroxyl groups is 1. The number of nitrogens with zero attached hydrogens (tertiary/aromatic N) is 1. The van der Waals surface area contributed by atoms with Crippen molar-refractivity contribution >= 4 is 11.8 Å². The van der Waals surface area contributed by atoms with E-state index in [-0.39, 0.29) is 12.4 Å². The summed E-state index contributed by atoms with van der Waals surface area (Å²) in [6.07, 6.45) is 4.80. The third-order valence-electron chi connectivity index (χ3n) is 2.98. The quantitative estimate of drug-likeness (QED) is 0.705. The molecule has 1 atom stereocenters. The van der Waals surface area contributed by atoms with E-state index in [2.05, 4.69) is 23.5 Å². The van der Waals surface area contributed by atoms with E-state index in [4.69, 9.17) is 0 Å². The highest BCUT2D eigenvalue weighted by Crippen LogP contribution is 2.23. The molecule has 5 heteroatoms. The molecule has 3 N–H and O–H groups in total. The van der Waals surface area contributed by atoms with E-state index in [1.165, 1.54) is 0 Å². The van der Waals surface area contributed by atoms with Crippen molar-refractivity contribution in [2.45, 2.75) is 39.5 Å². The monoisotopic (exact) mass is 270 g/mol. The predicted octanol–water partition coefficient (Wildman–Crippen LogP) is 1.82. The van der Waals surface area contributed by atoms with Gasteiger partial charge in [-0.05, 0) is 32.3 Å². The van der Waals surface area contributed by atoms with Gasteiger partial charge >= 0.3 is 0 Å². The molecule has 0 aliphatic heterocycles. The van der Waals surface area contributed by atoms with Crippen molar-refractivity contribution in [2.75, 3.05) is 12.0 Å². The van der Waals surface area contributed by atoms with Crippen LogP contribution in [0.1, 0.15) is 30.2 Å². The number of thioether (sulfide) groups is 1. The standard InChI is InChI=1S/C13H22N2O2S/c1-9(4-5-18-3)14-7-12-11(8-16)6-15-10(2)13(12)17/h6,9,14,16-17H,4-5,7-8H2,1-3H3. The molecule has 1 heterocycles. The lowest BCUT2D eigenvalue weighted by Crippen LogP contribution is -2.26. The van der Waals surface area contributed by atoms with Gasteiger partial charge in [0.25, 0.3) is 0 Å². The molecule has 1 aromatic heterocycles. The highest BCUT2D eigenvalue weighted by Gasteiger charge is 2.12. The fourth-order valence-corrected chi connectivity index (χ4v) is 2.28. The fraction of sp³-hybridized carbons (Fsp3) is 0.615. The lowest BCUT2D eigenvalue weighted by molar-refractivity contribution is 0.278. The van der Waals surface area contributed by atoms with Crippen molar-refractivity contribution in [1.29, 1.82) is 0 Å². The number of aliphatic hydroxyl groups is 1. The van der Waals surface area contributed by atoms with Crippen molar-refractivity contribution in [3.05, 3.63) is 23.0 Å². The van der Waals surface area contributed by atoms with Crippen LogP contribution in [0.2, 0.25) is 0 Å². The summed E-state index contributed by atoms with van der Waals surface area (Å²) in [5.74, 6) is 1.30. The maximum Gasteiger partial charge on any atom is 0.141 e. The van der Waals surface area contributed by atoms with Crippen molar-refractivity contribution in [3.8, 4) is 5.75 Å². The van der Waals surface area contributed by atoms with Crippen LogP contribution < -0.4 is 5.32 Å². The zero-order valence-electron chi connectivity index (χ0n) is 11.2. The predicted molar refractivity (Wildman–Crippen MR) is 75.9 cm³/mol. The first-order chi connectivity index (χ1) is 8.60. The minimum Gasteiger partial charge on any atom is -0.506 e. The Kier molecular flexibility index (Phi) is 6.46. The van der Waals surface area contributed by atoms with E-state index >= 15 is 0 Å². The number of aromatic nitrogens is 1. The van der Waals surface area contributed by atoms with Gasteiger partial charge < -0.3 is 15.5 Å². The van der Waals surface area contributed by atoms with Gasteiger partial charge in [0, 0.05) is 29.9 Å². The molecule has 0 radical (unpaired) electrons. The number of hydrogen-bond donors (Lipinski definition) is 3. The fourth-order valence-electron chi connectivity index (χ4n) is 1.69. The highest BCUT2D eigenvalue weighted by atomic mass is 32.2. The average molecular weight is 270 g/mol. The van der Waals surface area contributed by atoms with Crippen LogP contribution in [0.3, 0.4) is 0 Å². The molecular weight excluding hydrogens is 248 g/mol. The van der Waals surface area contributed by atoms with Crippen LogP contribution in [0.5, 0.6) is 5.75 Å². The summed E-state index contributed by atoms with van der Waals surface area (Å²) in [5, 5.41) is 22.6. The Balaban J connectivity index is 2.68. The first-order valence-electron chi connectivity index (χ1n) is 6.09. The summed E-state index contributed by atoms with van der Waals surface area (Å²) in [5.41, 5.74) is 2.03.